The molecule has 0 saturated carbocycles. The Morgan fingerprint density at radius 1 is 1.00 bits per heavy atom. The molecule has 1 aliphatic rings. The number of amides is 1. The summed E-state index contributed by atoms with van der Waals surface area (Å²) in [7, 11) is 0. The number of benzene rings is 1. The number of hydrogen-bond donors (Lipinski definition) is 0. The zero-order chi connectivity index (χ0) is 15.4. The Morgan fingerprint density at radius 2 is 1.64 bits per heavy atom. The Kier molecular flexibility index (Phi) is 4.01. The number of nitriles is 1. The quantitative estimate of drug-likeness (QED) is 0.839. The average molecular weight is 293 g/mol. The number of pyridine rings is 1. The molecule has 5 nitrogen and oxygen atoms in total. The summed E-state index contributed by atoms with van der Waals surface area (Å²) >= 11 is 0. The van der Waals surface area contributed by atoms with E-state index in [9.17, 15) is 4.79 Å². The average Bonchev–Trinajstić information content (AvgIpc) is 2.62. The van der Waals surface area contributed by atoms with Gasteiger partial charge in [-0.15, -0.1) is 0 Å². The fourth-order valence-corrected chi connectivity index (χ4v) is 2.63. The number of carbonyl (C=O) groups excluding carboxylic acids is 1. The zero-order valence-corrected chi connectivity index (χ0v) is 12.2. The molecule has 2 aromatic rings. The molecule has 0 radical (unpaired) electrons. The molecule has 2 heterocycles. The molecule has 1 aromatic heterocycles. The molecule has 0 atom stereocenters. The van der Waals surface area contributed by atoms with Crippen LogP contribution in [0.25, 0.3) is 0 Å². The van der Waals surface area contributed by atoms with Crippen molar-refractivity contribution in [3.8, 4) is 6.07 Å². The molecule has 22 heavy (non-hydrogen) atoms. The molecule has 0 aliphatic carbocycles. The number of aromatic amines is 1. The van der Waals surface area contributed by atoms with Gasteiger partial charge in [0.05, 0.1) is 11.6 Å². The second-order valence-corrected chi connectivity index (χ2v) is 5.23. The third kappa shape index (κ3) is 2.91. The highest BCUT2D eigenvalue weighted by Crippen LogP contribution is 2.16. The maximum absolute atomic E-state index is 12.5. The second kappa shape index (κ2) is 6.27. The predicted octanol–water partition coefficient (Wildman–Crippen LogP) is 1.33. The SMILES string of the molecule is N#Cc1ccc(C(=O)N2CCN(c3cc[nH+]cc3)CC2)cc1. The highest BCUT2D eigenvalue weighted by atomic mass is 16.2. The number of nitrogens with one attached hydrogen (secondary N) is 1. The number of rotatable bonds is 2. The Morgan fingerprint density at radius 3 is 2.23 bits per heavy atom. The van der Waals surface area contributed by atoms with Crippen molar-refractivity contribution in [1.29, 1.82) is 5.26 Å². The van der Waals surface area contributed by atoms with E-state index >= 15 is 0 Å². The molecule has 1 aliphatic heterocycles. The van der Waals surface area contributed by atoms with Crippen LogP contribution in [0.5, 0.6) is 0 Å². The van der Waals surface area contributed by atoms with E-state index in [-0.39, 0.29) is 5.91 Å². The molecule has 0 unspecified atom stereocenters. The number of H-pyrrole nitrogens is 1. The van der Waals surface area contributed by atoms with E-state index in [1.165, 1.54) is 5.69 Å². The van der Waals surface area contributed by atoms with Crippen LogP contribution in [-0.4, -0.2) is 37.0 Å². The van der Waals surface area contributed by atoms with Crippen molar-refractivity contribution in [2.75, 3.05) is 31.1 Å². The monoisotopic (exact) mass is 293 g/mol. The van der Waals surface area contributed by atoms with Crippen LogP contribution in [0, 0.1) is 11.3 Å². The molecule has 5 heteroatoms. The molecule has 3 rings (SSSR count). The van der Waals surface area contributed by atoms with Gasteiger partial charge in [0.15, 0.2) is 12.4 Å². The molecule has 110 valence electrons. The lowest BCUT2D eigenvalue weighted by molar-refractivity contribution is -0.377. The first-order valence-electron chi connectivity index (χ1n) is 7.28. The van der Waals surface area contributed by atoms with E-state index in [0.717, 1.165) is 13.1 Å². The third-order valence-corrected chi connectivity index (χ3v) is 3.89. The van der Waals surface area contributed by atoms with Crippen LogP contribution in [0.4, 0.5) is 5.69 Å². The molecule has 1 saturated heterocycles. The van der Waals surface area contributed by atoms with Gasteiger partial charge in [-0.2, -0.15) is 5.26 Å². The van der Waals surface area contributed by atoms with Crippen molar-refractivity contribution in [2.24, 2.45) is 0 Å². The van der Waals surface area contributed by atoms with Crippen LogP contribution in [0.3, 0.4) is 0 Å². The maximum Gasteiger partial charge on any atom is 0.253 e. The molecular formula is C17H17N4O+. The van der Waals surface area contributed by atoms with Gasteiger partial charge in [-0.1, -0.05) is 0 Å². The fraction of sp³-hybridized carbons (Fsp3) is 0.235. The van der Waals surface area contributed by atoms with E-state index in [1.807, 2.05) is 29.4 Å². The summed E-state index contributed by atoms with van der Waals surface area (Å²) in [5.41, 5.74) is 2.38. The van der Waals surface area contributed by atoms with Gasteiger partial charge in [0.25, 0.3) is 5.91 Å². The Labute approximate surface area is 129 Å². The molecule has 1 N–H and O–H groups in total. The minimum absolute atomic E-state index is 0.0329. The minimum Gasteiger partial charge on any atom is -0.368 e. The first-order chi connectivity index (χ1) is 10.8. The maximum atomic E-state index is 12.5. The van der Waals surface area contributed by atoms with E-state index in [0.29, 0.717) is 24.2 Å². The van der Waals surface area contributed by atoms with Crippen LogP contribution in [0.15, 0.2) is 48.8 Å². The van der Waals surface area contributed by atoms with Crippen molar-refractivity contribution >= 4 is 11.6 Å². The molecule has 1 fully saturated rings. The zero-order valence-electron chi connectivity index (χ0n) is 12.2. The van der Waals surface area contributed by atoms with Gasteiger partial charge in [0.2, 0.25) is 0 Å². The van der Waals surface area contributed by atoms with Gasteiger partial charge in [0, 0.05) is 49.6 Å². The number of nitrogens with zero attached hydrogens (tertiary/aromatic N) is 3. The lowest BCUT2D eigenvalue weighted by Crippen LogP contribution is -2.48. The fourth-order valence-electron chi connectivity index (χ4n) is 2.63. The summed E-state index contributed by atoms with van der Waals surface area (Å²) in [6, 6.07) is 13.0. The van der Waals surface area contributed by atoms with Crippen molar-refractivity contribution < 1.29 is 9.78 Å². The second-order valence-electron chi connectivity index (χ2n) is 5.23. The number of aromatic nitrogens is 1. The lowest BCUT2D eigenvalue weighted by Gasteiger charge is -2.35. The number of piperazine rings is 1. The third-order valence-electron chi connectivity index (χ3n) is 3.89. The highest BCUT2D eigenvalue weighted by Gasteiger charge is 2.22. The summed E-state index contributed by atoms with van der Waals surface area (Å²) < 4.78 is 0. The van der Waals surface area contributed by atoms with Gasteiger partial charge in [0.1, 0.15) is 0 Å². The topological polar surface area (TPSA) is 61.5 Å². The standard InChI is InChI=1S/C17H16N4O/c18-13-14-1-3-15(4-2-14)17(22)21-11-9-20(10-12-21)16-5-7-19-8-6-16/h1-8H,9-12H2/p+1. The molecule has 0 bridgehead atoms. The van der Waals surface area contributed by atoms with Gasteiger partial charge >= 0.3 is 0 Å². The van der Waals surface area contributed by atoms with Crippen LogP contribution in [0.2, 0.25) is 0 Å². The summed E-state index contributed by atoms with van der Waals surface area (Å²) in [5, 5.41) is 8.80. The number of carbonyl (C=O) groups is 1. The van der Waals surface area contributed by atoms with Crippen LogP contribution < -0.4 is 9.88 Å². The number of hydrogen-bond acceptors (Lipinski definition) is 3. The summed E-state index contributed by atoms with van der Waals surface area (Å²) in [5.74, 6) is 0.0329. The smallest absolute Gasteiger partial charge is 0.253 e. The Bertz CT molecular complexity index is 683. The number of anilines is 1. The van der Waals surface area contributed by atoms with E-state index in [1.54, 1.807) is 24.3 Å². The normalized spacial score (nSPS) is 14.5. The molecule has 0 spiro atoms. The minimum atomic E-state index is 0.0329. The van der Waals surface area contributed by atoms with Crippen LogP contribution in [0.1, 0.15) is 15.9 Å². The van der Waals surface area contributed by atoms with Crippen LogP contribution >= 0.6 is 0 Å². The first kappa shape index (κ1) is 14.1. The molecule has 1 amide bonds. The Balaban J connectivity index is 1.63. The molecular weight excluding hydrogens is 276 g/mol. The summed E-state index contributed by atoms with van der Waals surface area (Å²) in [6.07, 6.45) is 3.81. The van der Waals surface area contributed by atoms with E-state index in [2.05, 4.69) is 16.0 Å². The van der Waals surface area contributed by atoms with E-state index in [4.69, 9.17) is 5.26 Å². The molecule has 1 aromatic carbocycles. The predicted molar refractivity (Wildman–Crippen MR) is 82.3 cm³/mol. The van der Waals surface area contributed by atoms with Crippen molar-refractivity contribution in [2.45, 2.75) is 0 Å². The lowest BCUT2D eigenvalue weighted by atomic mass is 10.1. The largest absolute Gasteiger partial charge is 0.368 e. The van der Waals surface area contributed by atoms with Gasteiger partial charge in [-0.3, -0.25) is 4.79 Å². The van der Waals surface area contributed by atoms with Gasteiger partial charge < -0.3 is 9.80 Å². The van der Waals surface area contributed by atoms with E-state index < -0.39 is 0 Å². The van der Waals surface area contributed by atoms with Gasteiger partial charge in [-0.25, -0.2) is 4.98 Å². The van der Waals surface area contributed by atoms with Crippen molar-refractivity contribution in [1.82, 2.24) is 4.90 Å². The van der Waals surface area contributed by atoms with Gasteiger partial charge in [-0.05, 0) is 24.3 Å². The summed E-state index contributed by atoms with van der Waals surface area (Å²) in [4.78, 5) is 19.6. The Hall–Kier alpha value is -2.87. The van der Waals surface area contributed by atoms with Crippen LogP contribution in [-0.2, 0) is 0 Å². The first-order valence-corrected chi connectivity index (χ1v) is 7.28. The van der Waals surface area contributed by atoms with Crippen molar-refractivity contribution in [3.63, 3.8) is 0 Å². The highest BCUT2D eigenvalue weighted by molar-refractivity contribution is 5.94. The van der Waals surface area contributed by atoms with Crippen molar-refractivity contribution in [3.05, 3.63) is 59.9 Å². The summed E-state index contributed by atoms with van der Waals surface area (Å²) in [6.45, 7) is 3.06.